The molecule has 0 saturated heterocycles. The van der Waals surface area contributed by atoms with Gasteiger partial charge in [0.1, 0.15) is 5.75 Å². The Bertz CT molecular complexity index is 685. The summed E-state index contributed by atoms with van der Waals surface area (Å²) in [6.45, 7) is 0.509. The molecule has 0 fully saturated rings. The molecule has 1 aromatic carbocycles. The number of benzene rings is 1. The van der Waals surface area contributed by atoms with E-state index in [4.69, 9.17) is 17.0 Å². The Labute approximate surface area is 140 Å². The molecule has 1 heterocycles. The fourth-order valence-electron chi connectivity index (χ4n) is 1.77. The number of nitrogens with zero attached hydrogens (tertiary/aromatic N) is 1. The van der Waals surface area contributed by atoms with Crippen LogP contribution in [-0.2, 0) is 11.3 Å². The van der Waals surface area contributed by atoms with Gasteiger partial charge in [0.25, 0.3) is 0 Å². The first-order chi connectivity index (χ1) is 11.2. The molecule has 0 bridgehead atoms. The van der Waals surface area contributed by atoms with E-state index in [2.05, 4.69) is 15.6 Å². The minimum Gasteiger partial charge on any atom is -0.497 e. The lowest BCUT2D eigenvalue weighted by Crippen LogP contribution is -2.37. The quantitative estimate of drug-likeness (QED) is 0.652. The Kier molecular flexibility index (Phi) is 6.26. The molecular formula is C17H17N3O2S. The zero-order valence-corrected chi connectivity index (χ0v) is 13.5. The van der Waals surface area contributed by atoms with E-state index in [1.165, 1.54) is 6.08 Å². The number of rotatable bonds is 5. The first-order valence-electron chi connectivity index (χ1n) is 6.97. The zero-order valence-electron chi connectivity index (χ0n) is 12.7. The summed E-state index contributed by atoms with van der Waals surface area (Å²) >= 11 is 5.08. The first-order valence-corrected chi connectivity index (χ1v) is 7.38. The third-order valence-corrected chi connectivity index (χ3v) is 3.20. The number of carbonyl (C=O) groups is 1. The van der Waals surface area contributed by atoms with E-state index in [1.54, 1.807) is 25.6 Å². The van der Waals surface area contributed by atoms with Crippen LogP contribution in [0.15, 0.2) is 54.9 Å². The normalized spacial score (nSPS) is 10.3. The number of aromatic nitrogens is 1. The van der Waals surface area contributed by atoms with Gasteiger partial charge in [0.05, 0.1) is 7.11 Å². The van der Waals surface area contributed by atoms with Crippen LogP contribution >= 0.6 is 12.2 Å². The van der Waals surface area contributed by atoms with Crippen LogP contribution in [-0.4, -0.2) is 23.1 Å². The van der Waals surface area contributed by atoms with Gasteiger partial charge in [-0.15, -0.1) is 0 Å². The molecule has 0 aliphatic carbocycles. The molecule has 2 rings (SSSR count). The number of thiocarbonyl (C=S) groups is 1. The van der Waals surface area contributed by atoms with Crippen molar-refractivity contribution in [2.75, 3.05) is 7.11 Å². The number of nitrogens with one attached hydrogen (secondary N) is 2. The van der Waals surface area contributed by atoms with Crippen molar-refractivity contribution in [1.82, 2.24) is 15.6 Å². The summed E-state index contributed by atoms with van der Waals surface area (Å²) in [5.41, 5.74) is 1.88. The number of methoxy groups -OCH3 is 1. The van der Waals surface area contributed by atoms with Crippen molar-refractivity contribution >= 4 is 29.3 Å². The third kappa shape index (κ3) is 5.88. The monoisotopic (exact) mass is 327 g/mol. The number of amides is 1. The number of pyridine rings is 1. The van der Waals surface area contributed by atoms with Crippen molar-refractivity contribution in [3.8, 4) is 5.75 Å². The molecule has 118 valence electrons. The molecule has 0 unspecified atom stereocenters. The fraction of sp³-hybridized carbons (Fsp3) is 0.118. The van der Waals surface area contributed by atoms with Gasteiger partial charge in [0, 0.05) is 25.0 Å². The second-order valence-electron chi connectivity index (χ2n) is 4.64. The van der Waals surface area contributed by atoms with E-state index in [9.17, 15) is 4.79 Å². The Hall–Kier alpha value is -2.73. The summed E-state index contributed by atoms with van der Waals surface area (Å²) in [4.78, 5) is 15.8. The van der Waals surface area contributed by atoms with Gasteiger partial charge in [-0.1, -0.05) is 18.2 Å². The highest BCUT2D eigenvalue weighted by molar-refractivity contribution is 7.80. The van der Waals surface area contributed by atoms with Crippen LogP contribution in [0.1, 0.15) is 11.1 Å². The largest absolute Gasteiger partial charge is 0.497 e. The van der Waals surface area contributed by atoms with Gasteiger partial charge in [0.15, 0.2) is 5.11 Å². The third-order valence-electron chi connectivity index (χ3n) is 2.96. The van der Waals surface area contributed by atoms with Gasteiger partial charge in [0.2, 0.25) is 5.91 Å². The first kappa shape index (κ1) is 16.6. The van der Waals surface area contributed by atoms with E-state index in [0.29, 0.717) is 6.54 Å². The lowest BCUT2D eigenvalue weighted by molar-refractivity contribution is -0.115. The molecule has 1 amide bonds. The number of carbonyl (C=O) groups excluding carboxylic acids is 1. The summed E-state index contributed by atoms with van der Waals surface area (Å²) in [5.74, 6) is 0.483. The van der Waals surface area contributed by atoms with E-state index in [0.717, 1.165) is 16.9 Å². The van der Waals surface area contributed by atoms with Crippen molar-refractivity contribution in [2.24, 2.45) is 0 Å². The summed E-state index contributed by atoms with van der Waals surface area (Å²) < 4.78 is 5.08. The standard InChI is InChI=1S/C17H17N3O2S/c1-22-15-7-4-13(5-8-15)6-9-16(21)20-17(23)19-12-14-3-2-10-18-11-14/h2-11H,12H2,1H3,(H2,19,20,21,23). The molecule has 0 aliphatic rings. The zero-order chi connectivity index (χ0) is 16.5. The van der Waals surface area contributed by atoms with Crippen molar-refractivity contribution in [1.29, 1.82) is 0 Å². The Morgan fingerprint density at radius 2 is 2.09 bits per heavy atom. The molecule has 6 heteroatoms. The smallest absolute Gasteiger partial charge is 0.250 e. The molecule has 0 saturated carbocycles. The summed E-state index contributed by atoms with van der Waals surface area (Å²) in [7, 11) is 1.61. The minimum atomic E-state index is -0.287. The fourth-order valence-corrected chi connectivity index (χ4v) is 1.94. The van der Waals surface area contributed by atoms with E-state index < -0.39 is 0 Å². The summed E-state index contributed by atoms with van der Waals surface area (Å²) in [6, 6.07) is 11.2. The van der Waals surface area contributed by atoms with E-state index >= 15 is 0 Å². The lowest BCUT2D eigenvalue weighted by atomic mass is 10.2. The van der Waals surface area contributed by atoms with Crippen LogP contribution < -0.4 is 15.4 Å². The SMILES string of the molecule is COc1ccc(C=CC(=O)NC(=S)NCc2cccnc2)cc1. The van der Waals surface area contributed by atoms with Crippen LogP contribution in [0.25, 0.3) is 6.08 Å². The van der Waals surface area contributed by atoms with Crippen LogP contribution in [0.4, 0.5) is 0 Å². The summed E-state index contributed by atoms with van der Waals surface area (Å²) in [6.07, 6.45) is 6.58. The van der Waals surface area contributed by atoms with Crippen molar-refractivity contribution < 1.29 is 9.53 Å². The Morgan fingerprint density at radius 3 is 2.74 bits per heavy atom. The average molecular weight is 327 g/mol. The molecule has 2 N–H and O–H groups in total. The van der Waals surface area contributed by atoms with Gasteiger partial charge in [-0.2, -0.15) is 0 Å². The molecule has 23 heavy (non-hydrogen) atoms. The minimum absolute atomic E-state index is 0.276. The molecule has 0 spiro atoms. The predicted molar refractivity (Wildman–Crippen MR) is 93.8 cm³/mol. The van der Waals surface area contributed by atoms with Gasteiger partial charge in [-0.3, -0.25) is 15.1 Å². The van der Waals surface area contributed by atoms with Crippen LogP contribution in [0, 0.1) is 0 Å². The molecule has 0 aliphatic heterocycles. The maximum atomic E-state index is 11.8. The molecule has 1 aromatic heterocycles. The molecular weight excluding hydrogens is 310 g/mol. The Balaban J connectivity index is 1.79. The van der Waals surface area contributed by atoms with Gasteiger partial charge < -0.3 is 10.1 Å². The van der Waals surface area contributed by atoms with Crippen LogP contribution in [0.3, 0.4) is 0 Å². The topological polar surface area (TPSA) is 63.2 Å². The van der Waals surface area contributed by atoms with Crippen molar-refractivity contribution in [3.63, 3.8) is 0 Å². The predicted octanol–water partition coefficient (Wildman–Crippen LogP) is 2.29. The van der Waals surface area contributed by atoms with E-state index in [1.807, 2.05) is 36.4 Å². The second-order valence-corrected chi connectivity index (χ2v) is 5.05. The summed E-state index contributed by atoms with van der Waals surface area (Å²) in [5, 5.41) is 5.82. The van der Waals surface area contributed by atoms with Gasteiger partial charge in [-0.25, -0.2) is 0 Å². The van der Waals surface area contributed by atoms with Crippen molar-refractivity contribution in [3.05, 3.63) is 66.0 Å². The van der Waals surface area contributed by atoms with Crippen molar-refractivity contribution in [2.45, 2.75) is 6.54 Å². The molecule has 0 atom stereocenters. The highest BCUT2D eigenvalue weighted by atomic mass is 32.1. The van der Waals surface area contributed by atoms with E-state index in [-0.39, 0.29) is 11.0 Å². The molecule has 5 nitrogen and oxygen atoms in total. The van der Waals surface area contributed by atoms with Gasteiger partial charge in [-0.05, 0) is 47.6 Å². The number of hydrogen-bond acceptors (Lipinski definition) is 4. The molecule has 0 radical (unpaired) electrons. The highest BCUT2D eigenvalue weighted by Gasteiger charge is 2.01. The Morgan fingerprint density at radius 1 is 1.30 bits per heavy atom. The average Bonchev–Trinajstić information content (AvgIpc) is 2.59. The lowest BCUT2D eigenvalue weighted by Gasteiger charge is -2.07. The van der Waals surface area contributed by atoms with Crippen LogP contribution in [0.2, 0.25) is 0 Å². The number of ether oxygens (including phenoxy) is 1. The second kappa shape index (κ2) is 8.65. The van der Waals surface area contributed by atoms with Crippen LogP contribution in [0.5, 0.6) is 5.75 Å². The highest BCUT2D eigenvalue weighted by Crippen LogP contribution is 2.12. The number of hydrogen-bond donors (Lipinski definition) is 2. The molecule has 2 aromatic rings. The maximum absolute atomic E-state index is 11.8. The maximum Gasteiger partial charge on any atom is 0.250 e. The van der Waals surface area contributed by atoms with Gasteiger partial charge >= 0.3 is 0 Å².